The van der Waals surface area contributed by atoms with E-state index < -0.39 is 0 Å². The summed E-state index contributed by atoms with van der Waals surface area (Å²) in [6, 6.07) is 9.34. The Morgan fingerprint density at radius 1 is 1.17 bits per heavy atom. The number of para-hydroxylation sites is 1. The zero-order chi connectivity index (χ0) is 13.2. The monoisotopic (exact) mass is 247 g/mol. The van der Waals surface area contributed by atoms with Gasteiger partial charge in [-0.25, -0.2) is 0 Å². The van der Waals surface area contributed by atoms with Crippen LogP contribution in [0.1, 0.15) is 32.3 Å². The van der Waals surface area contributed by atoms with Gasteiger partial charge in [0, 0.05) is 6.61 Å². The summed E-state index contributed by atoms with van der Waals surface area (Å²) in [5.41, 5.74) is 0.567. The molecule has 0 unspecified atom stereocenters. The van der Waals surface area contributed by atoms with Crippen LogP contribution in [0.5, 0.6) is 5.75 Å². The minimum absolute atomic E-state index is 0.486. The van der Waals surface area contributed by atoms with Crippen molar-refractivity contribution in [2.24, 2.45) is 5.92 Å². The third kappa shape index (κ3) is 5.70. The lowest BCUT2D eigenvalue weighted by Crippen LogP contribution is -2.08. The van der Waals surface area contributed by atoms with Gasteiger partial charge < -0.3 is 9.47 Å². The highest BCUT2D eigenvalue weighted by molar-refractivity contribution is 5.42. The van der Waals surface area contributed by atoms with Crippen LogP contribution in [0.3, 0.4) is 0 Å². The molecule has 1 rings (SSSR count). The molecule has 3 heteroatoms. The summed E-state index contributed by atoms with van der Waals surface area (Å²) in [7, 11) is 0. The molecule has 18 heavy (non-hydrogen) atoms. The average Bonchev–Trinajstić information content (AvgIpc) is 2.37. The van der Waals surface area contributed by atoms with Crippen LogP contribution in [0.25, 0.3) is 0 Å². The summed E-state index contributed by atoms with van der Waals surface area (Å²) in [5, 5.41) is 8.88. The van der Waals surface area contributed by atoms with Crippen molar-refractivity contribution in [2.45, 2.75) is 26.7 Å². The quantitative estimate of drug-likeness (QED) is 0.661. The molecule has 1 aromatic rings. The lowest BCUT2D eigenvalue weighted by molar-refractivity contribution is 0.0956. The van der Waals surface area contributed by atoms with Crippen LogP contribution in [0.15, 0.2) is 24.3 Å². The first kappa shape index (κ1) is 14.5. The minimum Gasteiger partial charge on any atom is -0.490 e. The summed E-state index contributed by atoms with van der Waals surface area (Å²) in [6.45, 7) is 6.25. The SMILES string of the molecule is CC(C)CCCOCCOc1ccccc1C#N. The second-order valence-electron chi connectivity index (χ2n) is 4.60. The van der Waals surface area contributed by atoms with E-state index in [1.165, 1.54) is 6.42 Å². The van der Waals surface area contributed by atoms with E-state index in [9.17, 15) is 0 Å². The van der Waals surface area contributed by atoms with E-state index in [1.54, 1.807) is 12.1 Å². The molecule has 3 nitrogen and oxygen atoms in total. The Morgan fingerprint density at radius 2 is 1.94 bits per heavy atom. The van der Waals surface area contributed by atoms with Gasteiger partial charge in [-0.05, 0) is 30.9 Å². The van der Waals surface area contributed by atoms with Crippen LogP contribution in [-0.4, -0.2) is 19.8 Å². The Balaban J connectivity index is 2.13. The molecule has 0 bridgehead atoms. The molecule has 0 aliphatic rings. The number of hydrogen-bond donors (Lipinski definition) is 0. The fourth-order valence-electron chi connectivity index (χ4n) is 1.59. The van der Waals surface area contributed by atoms with Gasteiger partial charge in [-0.15, -0.1) is 0 Å². The zero-order valence-electron chi connectivity index (χ0n) is 11.2. The molecule has 0 aliphatic carbocycles. The highest BCUT2D eigenvalue weighted by Gasteiger charge is 2.01. The van der Waals surface area contributed by atoms with Crippen molar-refractivity contribution in [1.29, 1.82) is 5.26 Å². The van der Waals surface area contributed by atoms with E-state index >= 15 is 0 Å². The number of benzene rings is 1. The first-order valence-electron chi connectivity index (χ1n) is 6.43. The maximum Gasteiger partial charge on any atom is 0.137 e. The van der Waals surface area contributed by atoms with E-state index in [0.29, 0.717) is 24.5 Å². The summed E-state index contributed by atoms with van der Waals surface area (Å²) in [6.07, 6.45) is 2.28. The highest BCUT2D eigenvalue weighted by atomic mass is 16.5. The zero-order valence-corrected chi connectivity index (χ0v) is 11.2. The molecule has 1 aromatic carbocycles. The van der Waals surface area contributed by atoms with Crippen molar-refractivity contribution < 1.29 is 9.47 Å². The summed E-state index contributed by atoms with van der Waals surface area (Å²) in [4.78, 5) is 0. The van der Waals surface area contributed by atoms with Gasteiger partial charge in [-0.2, -0.15) is 5.26 Å². The molecule has 0 saturated carbocycles. The van der Waals surface area contributed by atoms with E-state index in [4.69, 9.17) is 14.7 Å². The van der Waals surface area contributed by atoms with Crippen LogP contribution >= 0.6 is 0 Å². The third-order valence-corrected chi connectivity index (χ3v) is 2.56. The molecule has 0 atom stereocenters. The number of nitrogens with zero attached hydrogens (tertiary/aromatic N) is 1. The number of nitriles is 1. The molecular formula is C15H21NO2. The molecule has 0 spiro atoms. The largest absolute Gasteiger partial charge is 0.490 e. The molecule has 0 aromatic heterocycles. The summed E-state index contributed by atoms with van der Waals surface area (Å²) in [5.74, 6) is 1.36. The van der Waals surface area contributed by atoms with Crippen molar-refractivity contribution in [3.8, 4) is 11.8 Å². The van der Waals surface area contributed by atoms with Crippen molar-refractivity contribution in [2.75, 3.05) is 19.8 Å². The summed E-state index contributed by atoms with van der Waals surface area (Å²) >= 11 is 0. The maximum absolute atomic E-state index is 8.88. The van der Waals surface area contributed by atoms with Gasteiger partial charge in [0.2, 0.25) is 0 Å². The van der Waals surface area contributed by atoms with Gasteiger partial charge in [-0.3, -0.25) is 0 Å². The predicted octanol–water partition coefficient (Wildman–Crippen LogP) is 3.39. The van der Waals surface area contributed by atoms with Crippen LogP contribution in [-0.2, 0) is 4.74 Å². The molecule has 98 valence electrons. The molecule has 0 N–H and O–H groups in total. The molecule has 0 heterocycles. The second-order valence-corrected chi connectivity index (χ2v) is 4.60. The Hall–Kier alpha value is -1.53. The first-order chi connectivity index (χ1) is 8.74. The smallest absolute Gasteiger partial charge is 0.137 e. The fraction of sp³-hybridized carbons (Fsp3) is 0.533. The standard InChI is InChI=1S/C15H21NO2/c1-13(2)6-5-9-17-10-11-18-15-8-4-3-7-14(15)12-16/h3-4,7-8,13H,5-6,9-11H2,1-2H3. The highest BCUT2D eigenvalue weighted by Crippen LogP contribution is 2.16. The Kier molecular flexibility index (Phi) is 6.90. The van der Waals surface area contributed by atoms with E-state index in [0.717, 1.165) is 18.9 Å². The van der Waals surface area contributed by atoms with Gasteiger partial charge in [0.05, 0.1) is 12.2 Å². The Labute approximate surface area is 109 Å². The number of rotatable bonds is 8. The van der Waals surface area contributed by atoms with Crippen molar-refractivity contribution in [3.63, 3.8) is 0 Å². The maximum atomic E-state index is 8.88. The first-order valence-corrected chi connectivity index (χ1v) is 6.43. The Bertz CT molecular complexity index is 382. The molecule has 0 amide bonds. The molecule has 0 fully saturated rings. The normalized spacial score (nSPS) is 10.3. The molecule has 0 aliphatic heterocycles. The molecular weight excluding hydrogens is 226 g/mol. The van der Waals surface area contributed by atoms with Crippen LogP contribution in [0.2, 0.25) is 0 Å². The lowest BCUT2D eigenvalue weighted by Gasteiger charge is -2.08. The molecule has 0 radical (unpaired) electrons. The van der Waals surface area contributed by atoms with E-state index in [1.807, 2.05) is 12.1 Å². The van der Waals surface area contributed by atoms with Crippen LogP contribution in [0.4, 0.5) is 0 Å². The van der Waals surface area contributed by atoms with Gasteiger partial charge in [0.1, 0.15) is 18.4 Å². The lowest BCUT2D eigenvalue weighted by atomic mass is 10.1. The van der Waals surface area contributed by atoms with E-state index in [2.05, 4.69) is 19.9 Å². The van der Waals surface area contributed by atoms with E-state index in [-0.39, 0.29) is 0 Å². The Morgan fingerprint density at radius 3 is 2.67 bits per heavy atom. The number of hydrogen-bond acceptors (Lipinski definition) is 3. The van der Waals surface area contributed by atoms with Gasteiger partial charge >= 0.3 is 0 Å². The van der Waals surface area contributed by atoms with Crippen molar-refractivity contribution in [1.82, 2.24) is 0 Å². The average molecular weight is 247 g/mol. The van der Waals surface area contributed by atoms with Gasteiger partial charge in [-0.1, -0.05) is 26.0 Å². The minimum atomic E-state index is 0.486. The third-order valence-electron chi connectivity index (χ3n) is 2.56. The number of ether oxygens (including phenoxy) is 2. The van der Waals surface area contributed by atoms with Crippen LogP contribution < -0.4 is 4.74 Å². The topological polar surface area (TPSA) is 42.2 Å². The fourth-order valence-corrected chi connectivity index (χ4v) is 1.59. The van der Waals surface area contributed by atoms with Crippen molar-refractivity contribution >= 4 is 0 Å². The van der Waals surface area contributed by atoms with Gasteiger partial charge in [0.15, 0.2) is 0 Å². The van der Waals surface area contributed by atoms with Crippen LogP contribution in [0, 0.1) is 17.2 Å². The van der Waals surface area contributed by atoms with Gasteiger partial charge in [0.25, 0.3) is 0 Å². The van der Waals surface area contributed by atoms with Crippen molar-refractivity contribution in [3.05, 3.63) is 29.8 Å². The molecule has 0 saturated heterocycles. The second kappa shape index (κ2) is 8.54. The predicted molar refractivity (Wildman–Crippen MR) is 71.5 cm³/mol. The summed E-state index contributed by atoms with van der Waals surface area (Å²) < 4.78 is 11.0.